The minimum atomic E-state index is -0.645. The molecule has 0 bridgehead atoms. The lowest BCUT2D eigenvalue weighted by Crippen LogP contribution is -2.32. The van der Waals surface area contributed by atoms with Crippen molar-refractivity contribution < 1.29 is 24.2 Å². The zero-order valence-electron chi connectivity index (χ0n) is 24.6. The van der Waals surface area contributed by atoms with Crippen LogP contribution in [0.15, 0.2) is 103 Å². The van der Waals surface area contributed by atoms with E-state index < -0.39 is 6.29 Å². The van der Waals surface area contributed by atoms with E-state index in [1.54, 1.807) is 35.2 Å². The highest BCUT2D eigenvalue weighted by Crippen LogP contribution is 2.39. The van der Waals surface area contributed by atoms with Gasteiger partial charge in [-0.2, -0.15) is 0 Å². The maximum Gasteiger partial charge on any atom is 0.261 e. The molecule has 0 unspecified atom stereocenters. The number of hydrogen-bond acceptors (Lipinski definition) is 6. The van der Waals surface area contributed by atoms with Gasteiger partial charge in [-0.3, -0.25) is 14.5 Å². The summed E-state index contributed by atoms with van der Waals surface area (Å²) in [6.45, 7) is 0.607. The summed E-state index contributed by atoms with van der Waals surface area (Å²) in [4.78, 5) is 31.2. The van der Waals surface area contributed by atoms with Gasteiger partial charge in [0.1, 0.15) is 5.15 Å². The number of aliphatic hydroxyl groups is 1. The van der Waals surface area contributed by atoms with Crippen molar-refractivity contribution in [1.82, 2.24) is 14.5 Å². The summed E-state index contributed by atoms with van der Waals surface area (Å²) < 4.78 is 14.7. The Balaban J connectivity index is 1.10. The number of imide groups is 1. The van der Waals surface area contributed by atoms with Gasteiger partial charge in [0.15, 0.2) is 11.4 Å². The van der Waals surface area contributed by atoms with Crippen molar-refractivity contribution in [3.8, 4) is 11.1 Å². The Labute approximate surface area is 275 Å². The molecule has 10 heteroatoms. The van der Waals surface area contributed by atoms with E-state index in [0.717, 1.165) is 33.4 Å². The van der Waals surface area contributed by atoms with Gasteiger partial charge < -0.3 is 19.1 Å². The van der Waals surface area contributed by atoms with Crippen LogP contribution in [-0.4, -0.2) is 37.5 Å². The fourth-order valence-electron chi connectivity index (χ4n) is 5.97. The van der Waals surface area contributed by atoms with Crippen molar-refractivity contribution >= 4 is 35.0 Å². The monoisotopic (exact) mass is 653 g/mol. The predicted octanol–water partition coefficient (Wildman–Crippen LogP) is 7.39. The van der Waals surface area contributed by atoms with Crippen LogP contribution in [0.1, 0.15) is 61.8 Å². The van der Waals surface area contributed by atoms with E-state index in [1.165, 1.54) is 4.90 Å². The quantitative estimate of drug-likeness (QED) is 0.176. The molecular weight excluding hydrogens is 625 g/mol. The van der Waals surface area contributed by atoms with Crippen LogP contribution in [0.5, 0.6) is 0 Å². The zero-order valence-corrected chi connectivity index (χ0v) is 26.1. The average molecular weight is 655 g/mol. The number of carbonyl (C=O) groups excluding carboxylic acids is 2. The highest BCUT2D eigenvalue weighted by Gasteiger charge is 2.35. The molecule has 4 aromatic carbocycles. The Bertz CT molecular complexity index is 1870. The van der Waals surface area contributed by atoms with Crippen LogP contribution < -0.4 is 0 Å². The Hall–Kier alpha value is -4.31. The summed E-state index contributed by atoms with van der Waals surface area (Å²) in [5.74, 6) is -0.551. The second-order valence-corrected chi connectivity index (χ2v) is 12.1. The second-order valence-electron chi connectivity index (χ2n) is 11.4. The van der Waals surface area contributed by atoms with Crippen molar-refractivity contribution in [2.45, 2.75) is 44.6 Å². The third-order valence-electron chi connectivity index (χ3n) is 8.41. The van der Waals surface area contributed by atoms with E-state index in [2.05, 4.69) is 4.98 Å². The number of amides is 2. The number of hydrogen-bond donors (Lipinski definition) is 1. The molecule has 1 saturated heterocycles. The molecule has 3 heterocycles. The number of fused-ring (bicyclic) bond motifs is 1. The Morgan fingerprint density at radius 3 is 2.13 bits per heavy atom. The fraction of sp³-hybridized carbons (Fsp3) is 0.194. The minimum Gasteiger partial charge on any atom is -0.392 e. The Morgan fingerprint density at radius 1 is 0.783 bits per heavy atom. The van der Waals surface area contributed by atoms with E-state index in [9.17, 15) is 14.7 Å². The maximum absolute atomic E-state index is 12.9. The lowest BCUT2D eigenvalue weighted by atomic mass is 9.99. The van der Waals surface area contributed by atoms with Gasteiger partial charge in [-0.05, 0) is 46.0 Å². The summed E-state index contributed by atoms with van der Waals surface area (Å²) in [7, 11) is 0. The van der Waals surface area contributed by atoms with E-state index in [4.69, 9.17) is 32.7 Å². The van der Waals surface area contributed by atoms with E-state index >= 15 is 0 Å². The van der Waals surface area contributed by atoms with Crippen molar-refractivity contribution in [2.75, 3.05) is 0 Å². The van der Waals surface area contributed by atoms with Gasteiger partial charge in [-0.15, -0.1) is 0 Å². The third kappa shape index (κ3) is 5.98. The lowest BCUT2D eigenvalue weighted by molar-refractivity contribution is -0.252. The molecule has 8 nitrogen and oxygen atoms in total. The van der Waals surface area contributed by atoms with Crippen molar-refractivity contribution in [3.63, 3.8) is 0 Å². The van der Waals surface area contributed by atoms with Gasteiger partial charge in [-0.1, -0.05) is 102 Å². The zero-order chi connectivity index (χ0) is 31.8. The van der Waals surface area contributed by atoms with Crippen molar-refractivity contribution in [2.24, 2.45) is 0 Å². The van der Waals surface area contributed by atoms with E-state index in [1.807, 2.05) is 72.8 Å². The number of rotatable bonds is 8. The van der Waals surface area contributed by atoms with Crippen LogP contribution >= 0.6 is 23.2 Å². The van der Waals surface area contributed by atoms with E-state index in [-0.39, 0.29) is 42.3 Å². The summed E-state index contributed by atoms with van der Waals surface area (Å²) in [6, 6.07) is 30.4. The molecular formula is C36H29Cl2N3O5. The predicted molar refractivity (Wildman–Crippen MR) is 173 cm³/mol. The number of halogens is 2. The molecule has 5 aromatic rings. The van der Waals surface area contributed by atoms with Crippen LogP contribution in [0.4, 0.5) is 0 Å². The summed E-state index contributed by atoms with van der Waals surface area (Å²) in [5.41, 5.74) is 6.32. The van der Waals surface area contributed by atoms with Gasteiger partial charge in [0, 0.05) is 12.0 Å². The summed E-state index contributed by atoms with van der Waals surface area (Å²) >= 11 is 12.5. The first kappa shape index (κ1) is 30.3. The highest BCUT2D eigenvalue weighted by atomic mass is 35.5. The minimum absolute atomic E-state index is 0.0297. The third-order valence-corrected chi connectivity index (χ3v) is 9.18. The number of carbonyl (C=O) groups is 2. The number of benzene rings is 4. The Morgan fingerprint density at radius 2 is 1.48 bits per heavy atom. The first-order valence-corrected chi connectivity index (χ1v) is 15.6. The number of aliphatic hydroxyl groups excluding tert-OH is 1. The standard InChI is InChI=1S/C36H29Cl2N3O5/c37-32-33(38)40(21-39-32)19-28-17-31(25-10-8-22(20-42)9-11-25)46-36(45-28)26-14-12-24(13-15-26)27-5-3-4-23(16-27)18-41-34(43)29-6-1-2-7-30(29)35(41)44/h1-16,21,28,31,36,42H,17-20H2/t28-,31+,36+/m1/s1. The molecule has 0 spiro atoms. The SMILES string of the molecule is O=C1c2ccccc2C(=O)N1Cc1cccc(-c2ccc([C@H]3O[C@@H](Cn4cnc(Cl)c4Cl)C[C@@H](c4ccc(CO)cc4)O3)cc2)c1. The number of ether oxygens (including phenoxy) is 2. The number of aromatic nitrogens is 2. The molecule has 1 N–H and O–H groups in total. The first-order valence-electron chi connectivity index (χ1n) is 14.9. The molecule has 1 aromatic heterocycles. The van der Waals surface area contributed by atoms with E-state index in [0.29, 0.717) is 29.2 Å². The fourth-order valence-corrected chi connectivity index (χ4v) is 6.28. The van der Waals surface area contributed by atoms with Gasteiger partial charge >= 0.3 is 0 Å². The molecule has 0 radical (unpaired) electrons. The molecule has 0 saturated carbocycles. The average Bonchev–Trinajstić information content (AvgIpc) is 3.54. The molecule has 2 aliphatic rings. The Kier molecular flexibility index (Phi) is 8.46. The van der Waals surface area contributed by atoms with Crippen LogP contribution in [-0.2, 0) is 29.2 Å². The summed E-state index contributed by atoms with van der Waals surface area (Å²) in [5, 5.41) is 10.1. The topological polar surface area (TPSA) is 93.9 Å². The number of imidazole rings is 1. The van der Waals surface area contributed by atoms with Crippen LogP contribution in [0.25, 0.3) is 11.1 Å². The molecule has 7 rings (SSSR count). The normalized spacial score (nSPS) is 19.5. The molecule has 2 aliphatic heterocycles. The highest BCUT2D eigenvalue weighted by molar-refractivity contribution is 6.40. The molecule has 232 valence electrons. The van der Waals surface area contributed by atoms with Gasteiger partial charge in [-0.25, -0.2) is 4.98 Å². The molecule has 46 heavy (non-hydrogen) atoms. The second kappa shape index (κ2) is 12.8. The van der Waals surface area contributed by atoms with Crippen LogP contribution in [0, 0.1) is 0 Å². The van der Waals surface area contributed by atoms with Crippen LogP contribution in [0.2, 0.25) is 10.3 Å². The number of nitrogens with zero attached hydrogens (tertiary/aromatic N) is 3. The van der Waals surface area contributed by atoms with Gasteiger partial charge in [0.25, 0.3) is 11.8 Å². The van der Waals surface area contributed by atoms with Crippen molar-refractivity contribution in [3.05, 3.63) is 147 Å². The van der Waals surface area contributed by atoms with Gasteiger partial charge in [0.05, 0.1) is 49.4 Å². The molecule has 0 aliphatic carbocycles. The van der Waals surface area contributed by atoms with Gasteiger partial charge in [0.2, 0.25) is 0 Å². The molecule has 1 fully saturated rings. The maximum atomic E-state index is 12.9. The molecule has 2 amide bonds. The first-order chi connectivity index (χ1) is 22.4. The summed E-state index contributed by atoms with van der Waals surface area (Å²) in [6.07, 6.45) is 1.03. The smallest absolute Gasteiger partial charge is 0.261 e. The lowest BCUT2D eigenvalue weighted by Gasteiger charge is -2.36. The largest absolute Gasteiger partial charge is 0.392 e. The van der Waals surface area contributed by atoms with Crippen LogP contribution in [0.3, 0.4) is 0 Å². The van der Waals surface area contributed by atoms with Crippen molar-refractivity contribution in [1.29, 1.82) is 0 Å². The molecule has 3 atom stereocenters.